The number of ether oxygens (including phenoxy) is 1. The lowest BCUT2D eigenvalue weighted by molar-refractivity contribution is 0.0949. The molecule has 1 heterocycles. The van der Waals surface area contributed by atoms with Crippen LogP contribution in [0.15, 0.2) is 48.7 Å². The molecule has 22 heavy (non-hydrogen) atoms. The number of aliphatic hydroxyl groups excluding tert-OH is 1. The molecular weight excluding hydrogens is 280 g/mol. The first-order valence-electron chi connectivity index (χ1n) is 7.32. The van der Waals surface area contributed by atoms with E-state index in [-0.39, 0.29) is 12.5 Å². The Balaban J connectivity index is 1.65. The van der Waals surface area contributed by atoms with E-state index >= 15 is 0 Å². The van der Waals surface area contributed by atoms with E-state index in [0.717, 1.165) is 12.8 Å². The van der Waals surface area contributed by atoms with Gasteiger partial charge in [-0.25, -0.2) is 4.98 Å². The molecule has 0 fully saturated rings. The van der Waals surface area contributed by atoms with E-state index in [4.69, 9.17) is 4.74 Å². The number of aliphatic hydroxyl groups is 1. The van der Waals surface area contributed by atoms with Crippen LogP contribution in [0.25, 0.3) is 0 Å². The molecular formula is C17H20N2O3. The maximum Gasteiger partial charge on any atom is 0.251 e. The second-order valence-electron chi connectivity index (χ2n) is 4.79. The minimum absolute atomic E-state index is 0.137. The van der Waals surface area contributed by atoms with Crippen LogP contribution < -0.4 is 10.1 Å². The number of nitrogens with one attached hydrogen (secondary N) is 1. The summed E-state index contributed by atoms with van der Waals surface area (Å²) in [6, 6.07) is 12.6. The molecule has 1 aromatic heterocycles. The van der Waals surface area contributed by atoms with Gasteiger partial charge in [-0.1, -0.05) is 24.3 Å². The van der Waals surface area contributed by atoms with E-state index in [1.165, 1.54) is 0 Å². The Morgan fingerprint density at radius 2 is 1.95 bits per heavy atom. The molecule has 1 aromatic carbocycles. The Morgan fingerprint density at radius 3 is 2.73 bits per heavy atom. The monoisotopic (exact) mass is 300 g/mol. The van der Waals surface area contributed by atoms with Crippen LogP contribution in [0.5, 0.6) is 5.88 Å². The highest BCUT2D eigenvalue weighted by Crippen LogP contribution is 2.08. The van der Waals surface area contributed by atoms with Crippen LogP contribution in [0.4, 0.5) is 0 Å². The summed E-state index contributed by atoms with van der Waals surface area (Å²) in [4.78, 5) is 16.1. The van der Waals surface area contributed by atoms with Gasteiger partial charge < -0.3 is 15.2 Å². The van der Waals surface area contributed by atoms with Gasteiger partial charge in [0.15, 0.2) is 0 Å². The second kappa shape index (κ2) is 8.79. The normalized spacial score (nSPS) is 10.2. The van der Waals surface area contributed by atoms with Crippen molar-refractivity contribution in [1.29, 1.82) is 0 Å². The summed E-state index contributed by atoms with van der Waals surface area (Å²) >= 11 is 0. The Kier molecular flexibility index (Phi) is 6.39. The molecule has 2 N–H and O–H groups in total. The second-order valence-corrected chi connectivity index (χ2v) is 4.79. The third-order valence-electron chi connectivity index (χ3n) is 3.18. The summed E-state index contributed by atoms with van der Waals surface area (Å²) in [6.45, 7) is 1.01. The first-order chi connectivity index (χ1) is 10.8. The van der Waals surface area contributed by atoms with Crippen molar-refractivity contribution in [3.8, 4) is 5.88 Å². The van der Waals surface area contributed by atoms with Gasteiger partial charge in [0.05, 0.1) is 13.2 Å². The van der Waals surface area contributed by atoms with Crippen LogP contribution >= 0.6 is 0 Å². The number of aromatic nitrogens is 1. The predicted molar refractivity (Wildman–Crippen MR) is 83.7 cm³/mol. The molecule has 0 aliphatic heterocycles. The number of pyridine rings is 1. The van der Waals surface area contributed by atoms with Crippen LogP contribution in [-0.4, -0.2) is 29.1 Å². The summed E-state index contributed by atoms with van der Waals surface area (Å²) in [6.07, 6.45) is 3.34. The van der Waals surface area contributed by atoms with Crippen LogP contribution in [0.2, 0.25) is 0 Å². The van der Waals surface area contributed by atoms with Gasteiger partial charge in [0.25, 0.3) is 5.91 Å². The standard InChI is InChI=1S/C17H20N2O3/c20-13-14-7-1-2-8-15(14)17(21)19-11-5-6-12-22-16-9-3-4-10-18-16/h1-4,7-10,20H,5-6,11-13H2,(H,19,21). The van der Waals surface area contributed by atoms with Crippen molar-refractivity contribution in [3.05, 3.63) is 59.8 Å². The molecule has 5 heteroatoms. The molecule has 0 unspecified atom stereocenters. The van der Waals surface area contributed by atoms with Crippen LogP contribution in [0, 0.1) is 0 Å². The molecule has 5 nitrogen and oxygen atoms in total. The molecule has 0 aliphatic carbocycles. The zero-order valence-corrected chi connectivity index (χ0v) is 12.4. The maximum absolute atomic E-state index is 12.0. The zero-order chi connectivity index (χ0) is 15.6. The predicted octanol–water partition coefficient (Wildman–Crippen LogP) is 2.16. The molecule has 0 saturated carbocycles. The molecule has 0 bridgehead atoms. The number of nitrogens with zero attached hydrogens (tertiary/aromatic N) is 1. The molecule has 0 saturated heterocycles. The number of hydrogen-bond donors (Lipinski definition) is 2. The highest BCUT2D eigenvalue weighted by molar-refractivity contribution is 5.95. The minimum atomic E-state index is -0.157. The lowest BCUT2D eigenvalue weighted by Crippen LogP contribution is -2.25. The van der Waals surface area contributed by atoms with Crippen molar-refractivity contribution in [2.45, 2.75) is 19.4 Å². The van der Waals surface area contributed by atoms with E-state index in [9.17, 15) is 9.90 Å². The Hall–Kier alpha value is -2.40. The Labute approximate surface area is 130 Å². The largest absolute Gasteiger partial charge is 0.478 e. The van der Waals surface area contributed by atoms with E-state index < -0.39 is 0 Å². The molecule has 2 aromatic rings. The number of hydrogen-bond acceptors (Lipinski definition) is 4. The summed E-state index contributed by atoms with van der Waals surface area (Å²) in [5.41, 5.74) is 1.16. The van der Waals surface area contributed by atoms with Crippen LogP contribution in [0.3, 0.4) is 0 Å². The number of unbranched alkanes of at least 4 members (excludes halogenated alkanes) is 1. The maximum atomic E-state index is 12.0. The van der Waals surface area contributed by atoms with Crippen molar-refractivity contribution in [3.63, 3.8) is 0 Å². The fourth-order valence-electron chi connectivity index (χ4n) is 2.01. The summed E-state index contributed by atoms with van der Waals surface area (Å²) in [5, 5.41) is 12.1. The van der Waals surface area contributed by atoms with Crippen molar-refractivity contribution in [2.75, 3.05) is 13.2 Å². The zero-order valence-electron chi connectivity index (χ0n) is 12.4. The fourth-order valence-corrected chi connectivity index (χ4v) is 2.01. The quantitative estimate of drug-likeness (QED) is 0.733. The van der Waals surface area contributed by atoms with Crippen molar-refractivity contribution in [2.24, 2.45) is 0 Å². The van der Waals surface area contributed by atoms with Gasteiger partial charge in [-0.2, -0.15) is 0 Å². The van der Waals surface area contributed by atoms with Crippen LogP contribution in [-0.2, 0) is 6.61 Å². The SMILES string of the molecule is O=C(NCCCCOc1ccccn1)c1ccccc1CO. The third kappa shape index (κ3) is 4.86. The van der Waals surface area contributed by atoms with Gasteiger partial charge in [-0.3, -0.25) is 4.79 Å². The first-order valence-corrected chi connectivity index (χ1v) is 7.32. The highest BCUT2D eigenvalue weighted by atomic mass is 16.5. The average Bonchev–Trinajstić information content (AvgIpc) is 2.58. The van der Waals surface area contributed by atoms with Gasteiger partial charge >= 0.3 is 0 Å². The van der Waals surface area contributed by atoms with Gasteiger partial charge in [-0.15, -0.1) is 0 Å². The van der Waals surface area contributed by atoms with Gasteiger partial charge in [0.2, 0.25) is 5.88 Å². The number of carbonyl (C=O) groups is 1. The molecule has 2 rings (SSSR count). The average molecular weight is 300 g/mol. The van der Waals surface area contributed by atoms with Crippen molar-refractivity contribution in [1.82, 2.24) is 10.3 Å². The Morgan fingerprint density at radius 1 is 1.14 bits per heavy atom. The van der Waals surface area contributed by atoms with Gasteiger partial charge in [-0.05, 0) is 30.5 Å². The number of rotatable bonds is 8. The van der Waals surface area contributed by atoms with Crippen LogP contribution in [0.1, 0.15) is 28.8 Å². The molecule has 116 valence electrons. The van der Waals surface area contributed by atoms with Gasteiger partial charge in [0, 0.05) is 24.4 Å². The summed E-state index contributed by atoms with van der Waals surface area (Å²) in [7, 11) is 0. The molecule has 0 atom stereocenters. The highest BCUT2D eigenvalue weighted by Gasteiger charge is 2.09. The third-order valence-corrected chi connectivity index (χ3v) is 3.18. The molecule has 1 amide bonds. The van der Waals surface area contributed by atoms with E-state index in [1.807, 2.05) is 18.2 Å². The number of amides is 1. The lowest BCUT2D eigenvalue weighted by atomic mass is 10.1. The van der Waals surface area contributed by atoms with Crippen molar-refractivity contribution >= 4 is 5.91 Å². The summed E-state index contributed by atoms with van der Waals surface area (Å²) in [5.74, 6) is 0.457. The molecule has 0 radical (unpaired) electrons. The van der Waals surface area contributed by atoms with E-state index in [1.54, 1.807) is 30.5 Å². The van der Waals surface area contributed by atoms with E-state index in [0.29, 0.717) is 30.2 Å². The van der Waals surface area contributed by atoms with Crippen molar-refractivity contribution < 1.29 is 14.6 Å². The number of carbonyl (C=O) groups excluding carboxylic acids is 1. The number of benzene rings is 1. The Bertz CT molecular complexity index is 587. The van der Waals surface area contributed by atoms with E-state index in [2.05, 4.69) is 10.3 Å². The minimum Gasteiger partial charge on any atom is -0.478 e. The summed E-state index contributed by atoms with van der Waals surface area (Å²) < 4.78 is 5.48. The smallest absolute Gasteiger partial charge is 0.251 e. The van der Waals surface area contributed by atoms with Gasteiger partial charge in [0.1, 0.15) is 0 Å². The lowest BCUT2D eigenvalue weighted by Gasteiger charge is -2.09. The topological polar surface area (TPSA) is 71.5 Å². The first kappa shape index (κ1) is 16.0. The molecule has 0 spiro atoms. The molecule has 0 aliphatic rings. The fraction of sp³-hybridized carbons (Fsp3) is 0.294.